The number of nitrogens with two attached hydrogens (primary N) is 1. The van der Waals surface area contributed by atoms with Crippen molar-refractivity contribution in [3.8, 4) is 5.88 Å². The van der Waals surface area contributed by atoms with Gasteiger partial charge in [-0.05, 0) is 18.2 Å². The van der Waals surface area contributed by atoms with Crippen molar-refractivity contribution < 1.29 is 14.6 Å². The number of rotatable bonds is 2. The number of anilines is 1. The normalized spacial score (nSPS) is 19.5. The van der Waals surface area contributed by atoms with E-state index in [-0.39, 0.29) is 11.9 Å². The molecule has 6 nitrogen and oxygen atoms in total. The molecule has 0 bridgehead atoms. The molecule has 2 aromatic rings. The molecule has 1 saturated heterocycles. The van der Waals surface area contributed by atoms with Crippen LogP contribution >= 0.6 is 0 Å². The Kier molecular flexibility index (Phi) is 2.87. The number of hydrogen-bond acceptors (Lipinski definition) is 5. The number of benzene rings is 1. The van der Waals surface area contributed by atoms with E-state index in [4.69, 9.17) is 15.2 Å². The molecule has 0 spiro atoms. The van der Waals surface area contributed by atoms with Crippen molar-refractivity contribution in [1.82, 2.24) is 4.57 Å². The fourth-order valence-corrected chi connectivity index (χ4v) is 2.96. The lowest BCUT2D eigenvalue weighted by molar-refractivity contribution is -0.0238. The van der Waals surface area contributed by atoms with Gasteiger partial charge in [-0.1, -0.05) is 0 Å². The molecule has 0 aliphatic carbocycles. The number of aromatic hydroxyl groups is 1. The number of nitrogens with zero attached hydrogens (tertiary/aromatic N) is 2. The van der Waals surface area contributed by atoms with Crippen LogP contribution in [-0.4, -0.2) is 48.4 Å². The summed E-state index contributed by atoms with van der Waals surface area (Å²) in [7, 11) is 0. The largest absolute Gasteiger partial charge is 0.494 e. The maximum Gasteiger partial charge on any atom is 0.201 e. The van der Waals surface area contributed by atoms with E-state index < -0.39 is 0 Å². The highest BCUT2D eigenvalue weighted by molar-refractivity contribution is 6.14. The summed E-state index contributed by atoms with van der Waals surface area (Å²) in [5.41, 5.74) is 9.07. The third kappa shape index (κ3) is 1.91. The van der Waals surface area contributed by atoms with E-state index in [9.17, 15) is 5.11 Å². The van der Waals surface area contributed by atoms with Gasteiger partial charge in [0.15, 0.2) is 0 Å². The van der Waals surface area contributed by atoms with Crippen LogP contribution in [0.3, 0.4) is 0 Å². The van der Waals surface area contributed by atoms with Crippen LogP contribution in [0.5, 0.6) is 5.88 Å². The second kappa shape index (κ2) is 4.75. The molecule has 2 aliphatic rings. The van der Waals surface area contributed by atoms with E-state index in [1.807, 2.05) is 22.8 Å². The first kappa shape index (κ1) is 12.7. The molecule has 1 aromatic carbocycles. The van der Waals surface area contributed by atoms with Crippen molar-refractivity contribution in [3.05, 3.63) is 23.8 Å². The van der Waals surface area contributed by atoms with Crippen LogP contribution in [0.15, 0.2) is 23.2 Å². The Hall–Kier alpha value is -2.05. The van der Waals surface area contributed by atoms with Crippen LogP contribution in [-0.2, 0) is 9.47 Å². The average Bonchev–Trinajstić information content (AvgIpc) is 2.71. The van der Waals surface area contributed by atoms with Crippen molar-refractivity contribution in [2.45, 2.75) is 6.04 Å². The zero-order chi connectivity index (χ0) is 14.4. The molecule has 0 atom stereocenters. The molecule has 0 radical (unpaired) electrons. The predicted molar refractivity (Wildman–Crippen MR) is 80.1 cm³/mol. The number of ether oxygens (including phenoxy) is 2. The van der Waals surface area contributed by atoms with Gasteiger partial charge in [-0.25, -0.2) is 0 Å². The average molecular weight is 287 g/mol. The lowest BCUT2D eigenvalue weighted by Crippen LogP contribution is -2.30. The fraction of sp³-hybridized carbons (Fsp3) is 0.400. The van der Waals surface area contributed by atoms with Gasteiger partial charge in [-0.3, -0.25) is 4.99 Å². The molecule has 3 heterocycles. The second-order valence-corrected chi connectivity index (χ2v) is 5.42. The molecule has 6 heteroatoms. The Morgan fingerprint density at radius 2 is 2.14 bits per heavy atom. The summed E-state index contributed by atoms with van der Waals surface area (Å²) in [6.07, 6.45) is 0. The van der Waals surface area contributed by atoms with Crippen LogP contribution in [0, 0.1) is 0 Å². The number of hydrogen-bond donors (Lipinski definition) is 2. The minimum atomic E-state index is 0.162. The highest BCUT2D eigenvalue weighted by Crippen LogP contribution is 2.38. The summed E-state index contributed by atoms with van der Waals surface area (Å²) in [4.78, 5) is 4.50. The molecule has 1 aromatic heterocycles. The second-order valence-electron chi connectivity index (χ2n) is 5.42. The smallest absolute Gasteiger partial charge is 0.201 e. The minimum Gasteiger partial charge on any atom is -0.494 e. The molecule has 0 amide bonds. The quantitative estimate of drug-likeness (QED) is 0.816. The number of nitrogen functional groups attached to an aromatic ring is 1. The Labute approximate surface area is 121 Å². The Bertz CT molecular complexity index is 731. The standard InChI is InChI=1S/C15H17N3O3/c16-9-1-2-13-11(5-9)14(12-8-20-4-3-17-12)15(19)18(13)10-6-21-7-10/h1-2,5,10,19H,3-4,6-8,16H2. The summed E-state index contributed by atoms with van der Waals surface area (Å²) in [5.74, 6) is 0.230. The summed E-state index contributed by atoms with van der Waals surface area (Å²) < 4.78 is 12.7. The van der Waals surface area contributed by atoms with Crippen molar-refractivity contribution in [3.63, 3.8) is 0 Å². The van der Waals surface area contributed by atoms with E-state index in [1.165, 1.54) is 0 Å². The molecule has 2 aliphatic heterocycles. The van der Waals surface area contributed by atoms with Crippen LogP contribution in [0.25, 0.3) is 10.9 Å². The Balaban J connectivity index is 1.97. The van der Waals surface area contributed by atoms with E-state index in [0.29, 0.717) is 38.7 Å². The van der Waals surface area contributed by atoms with Gasteiger partial charge < -0.3 is 24.9 Å². The summed E-state index contributed by atoms with van der Waals surface area (Å²) in [5, 5.41) is 11.6. The number of aliphatic imine (C=N–C) groups is 1. The molecule has 110 valence electrons. The van der Waals surface area contributed by atoms with Gasteiger partial charge in [-0.2, -0.15) is 0 Å². The Morgan fingerprint density at radius 3 is 2.81 bits per heavy atom. The molecular weight excluding hydrogens is 270 g/mol. The van der Waals surface area contributed by atoms with Crippen molar-refractivity contribution in [2.24, 2.45) is 4.99 Å². The topological polar surface area (TPSA) is 82.0 Å². The summed E-state index contributed by atoms with van der Waals surface area (Å²) in [6.45, 7) is 2.90. The van der Waals surface area contributed by atoms with Gasteiger partial charge >= 0.3 is 0 Å². The lowest BCUT2D eigenvalue weighted by Gasteiger charge is -2.28. The maximum atomic E-state index is 10.7. The van der Waals surface area contributed by atoms with Crippen LogP contribution in [0.4, 0.5) is 5.69 Å². The van der Waals surface area contributed by atoms with Gasteiger partial charge in [0.1, 0.15) is 0 Å². The molecule has 4 rings (SSSR count). The first-order chi connectivity index (χ1) is 10.3. The molecule has 1 fully saturated rings. The van der Waals surface area contributed by atoms with E-state index in [0.717, 1.165) is 22.2 Å². The molecule has 0 saturated carbocycles. The zero-order valence-electron chi connectivity index (χ0n) is 11.6. The highest BCUT2D eigenvalue weighted by Gasteiger charge is 2.29. The van der Waals surface area contributed by atoms with E-state index in [1.54, 1.807) is 0 Å². The number of fused-ring (bicyclic) bond motifs is 1. The third-order valence-electron chi connectivity index (χ3n) is 4.05. The van der Waals surface area contributed by atoms with E-state index >= 15 is 0 Å². The van der Waals surface area contributed by atoms with E-state index in [2.05, 4.69) is 4.99 Å². The van der Waals surface area contributed by atoms with Crippen molar-refractivity contribution in [1.29, 1.82) is 0 Å². The predicted octanol–water partition coefficient (Wildman–Crippen LogP) is 1.32. The van der Waals surface area contributed by atoms with Crippen LogP contribution in [0.2, 0.25) is 0 Å². The van der Waals surface area contributed by atoms with Gasteiger partial charge in [0.05, 0.1) is 55.8 Å². The molecule has 0 unspecified atom stereocenters. The monoisotopic (exact) mass is 287 g/mol. The zero-order valence-corrected chi connectivity index (χ0v) is 11.6. The lowest BCUT2D eigenvalue weighted by atomic mass is 10.1. The Morgan fingerprint density at radius 1 is 1.29 bits per heavy atom. The van der Waals surface area contributed by atoms with Gasteiger partial charge in [0.25, 0.3) is 0 Å². The molecular formula is C15H17N3O3. The molecule has 3 N–H and O–H groups in total. The summed E-state index contributed by atoms with van der Waals surface area (Å²) in [6, 6.07) is 5.84. The van der Waals surface area contributed by atoms with Gasteiger partial charge in [-0.15, -0.1) is 0 Å². The van der Waals surface area contributed by atoms with Crippen LogP contribution < -0.4 is 5.73 Å². The van der Waals surface area contributed by atoms with Crippen LogP contribution in [0.1, 0.15) is 11.6 Å². The fourth-order valence-electron chi connectivity index (χ4n) is 2.96. The SMILES string of the molecule is Nc1ccc2c(c1)c(C1=NCCOC1)c(O)n2C1COC1. The van der Waals surface area contributed by atoms with Crippen molar-refractivity contribution >= 4 is 22.3 Å². The molecule has 21 heavy (non-hydrogen) atoms. The first-order valence-corrected chi connectivity index (χ1v) is 7.07. The van der Waals surface area contributed by atoms with Gasteiger partial charge in [0.2, 0.25) is 5.88 Å². The highest BCUT2D eigenvalue weighted by atomic mass is 16.5. The van der Waals surface area contributed by atoms with Gasteiger partial charge in [0, 0.05) is 11.1 Å². The first-order valence-electron chi connectivity index (χ1n) is 7.07. The number of aromatic nitrogens is 1. The van der Waals surface area contributed by atoms with Crippen molar-refractivity contribution in [2.75, 3.05) is 38.7 Å². The minimum absolute atomic E-state index is 0.162. The maximum absolute atomic E-state index is 10.7. The summed E-state index contributed by atoms with van der Waals surface area (Å²) >= 11 is 0. The third-order valence-corrected chi connectivity index (χ3v) is 4.05.